The van der Waals surface area contributed by atoms with Crippen molar-refractivity contribution in [3.63, 3.8) is 0 Å². The molecule has 6 aliphatic heterocycles. The maximum atomic E-state index is 14.7. The maximum Gasteiger partial charge on any atom is 0.407 e. The lowest BCUT2D eigenvalue weighted by atomic mass is 9.75. The topological polar surface area (TPSA) is 286 Å². The molecule has 1 unspecified atom stereocenters. The molecule has 7 N–H and O–H groups in total. The zero-order valence-electron chi connectivity index (χ0n) is 37.4. The first-order chi connectivity index (χ1) is 31.2. The zero-order chi connectivity index (χ0) is 47.5. The van der Waals surface area contributed by atoms with Crippen molar-refractivity contribution >= 4 is 59.0 Å². The molecule has 6 fully saturated rings. The summed E-state index contributed by atoms with van der Waals surface area (Å²) in [6.45, 7) is 6.47. The number of aliphatic carboxylic acids is 1. The van der Waals surface area contributed by atoms with Gasteiger partial charge >= 0.3 is 12.1 Å². The number of carboxylic acids is 1. The van der Waals surface area contributed by atoms with Crippen molar-refractivity contribution in [3.8, 4) is 0 Å². The largest absolute Gasteiger partial charge is 0.511 e. The van der Waals surface area contributed by atoms with Gasteiger partial charge in [0, 0.05) is 57.5 Å². The summed E-state index contributed by atoms with van der Waals surface area (Å²) in [5.74, 6) is -5.20. The van der Waals surface area contributed by atoms with Crippen LogP contribution in [0.5, 0.6) is 0 Å². The van der Waals surface area contributed by atoms with Crippen LogP contribution in [0.3, 0.4) is 0 Å². The molecule has 1 aromatic carbocycles. The fourth-order valence-corrected chi connectivity index (χ4v) is 10.8. The molecule has 66 heavy (non-hydrogen) atoms. The van der Waals surface area contributed by atoms with E-state index in [1.807, 2.05) is 45.9 Å². The van der Waals surface area contributed by atoms with Crippen LogP contribution < -0.4 is 26.6 Å². The number of Topliss-reactive ketones (excluding diaryl/α,β-unsaturated/α-hetero) is 1. The number of amides is 7. The number of benzene rings is 1. The number of aliphatic imine (C=N–C) groups is 1. The second-order valence-electron chi connectivity index (χ2n) is 20.0. The van der Waals surface area contributed by atoms with E-state index in [1.165, 1.54) is 14.7 Å². The van der Waals surface area contributed by atoms with Gasteiger partial charge in [0.15, 0.2) is 5.78 Å². The molecule has 0 saturated carbocycles. The Morgan fingerprint density at radius 2 is 1.59 bits per heavy atom. The predicted octanol–water partition coefficient (Wildman–Crippen LogP) is -0.557. The van der Waals surface area contributed by atoms with Crippen molar-refractivity contribution in [1.29, 1.82) is 0 Å². The lowest BCUT2D eigenvalue weighted by Gasteiger charge is -2.48. The van der Waals surface area contributed by atoms with Gasteiger partial charge in [-0.3, -0.25) is 43.3 Å². The van der Waals surface area contributed by atoms with Crippen LogP contribution in [0.2, 0.25) is 0 Å². The number of ether oxygens (including phenoxy) is 1. The van der Waals surface area contributed by atoms with Gasteiger partial charge in [-0.25, -0.2) is 4.79 Å². The zero-order valence-corrected chi connectivity index (χ0v) is 37.4. The summed E-state index contributed by atoms with van der Waals surface area (Å²) in [5, 5.41) is 34.5. The highest BCUT2D eigenvalue weighted by Gasteiger charge is 2.69. The summed E-state index contributed by atoms with van der Waals surface area (Å²) >= 11 is 0. The van der Waals surface area contributed by atoms with Crippen molar-refractivity contribution < 1.29 is 58.1 Å². The molecule has 7 atom stereocenters. The average molecular weight is 916 g/mol. The molecule has 3 spiro atoms. The SMILES string of the molecule is CC(C)CC(=NC[C@@H]1NC(=O)[C@@]2(CC3C(=O)N[C@]4(C[C@H]5C(=O)N(CCCNC(=O)OCc6ccccc6)[C@@]6(CN[C@H](C(=O)O)C6)C(=O)N5C4)C(=O)N3C2)NC1=O)C1=C(O)CC(C)(C)CC1=O. The molecular weight excluding hydrogens is 859 g/mol. The van der Waals surface area contributed by atoms with Crippen LogP contribution in [0, 0.1) is 11.3 Å². The normalized spacial score (nSPS) is 31.7. The Hall–Kier alpha value is -6.38. The number of rotatable bonds is 12. The highest BCUT2D eigenvalue weighted by molar-refractivity contribution is 6.23. The van der Waals surface area contributed by atoms with Crippen LogP contribution in [0.1, 0.15) is 78.2 Å². The molecule has 354 valence electrons. The Balaban J connectivity index is 0.955. The monoisotopic (exact) mass is 915 g/mol. The van der Waals surface area contributed by atoms with Crippen LogP contribution >= 0.6 is 0 Å². The number of alkyl carbamates (subject to hydrolysis) is 1. The average Bonchev–Trinajstić information content (AvgIpc) is 3.98. The molecule has 0 bridgehead atoms. The number of piperazine rings is 3. The number of aliphatic hydroxyl groups excluding tert-OH is 1. The third-order valence-electron chi connectivity index (χ3n) is 13.9. The number of nitrogens with zero attached hydrogens (tertiary/aromatic N) is 4. The first-order valence-electron chi connectivity index (χ1n) is 22.5. The molecule has 1 aromatic rings. The fourth-order valence-electron chi connectivity index (χ4n) is 10.8. The van der Waals surface area contributed by atoms with E-state index >= 15 is 0 Å². The number of carbonyl (C=O) groups is 9. The van der Waals surface area contributed by atoms with E-state index in [9.17, 15) is 53.4 Å². The van der Waals surface area contributed by atoms with Gasteiger partial charge in [0.1, 0.15) is 53.2 Å². The minimum absolute atomic E-state index is 0.0397. The Morgan fingerprint density at radius 1 is 0.909 bits per heavy atom. The maximum absolute atomic E-state index is 14.7. The van der Waals surface area contributed by atoms with E-state index in [1.54, 1.807) is 12.1 Å². The molecule has 7 amide bonds. The molecule has 1 aliphatic carbocycles. The summed E-state index contributed by atoms with van der Waals surface area (Å²) in [4.78, 5) is 132. The lowest BCUT2D eigenvalue weighted by molar-refractivity contribution is -0.167. The Kier molecular flexibility index (Phi) is 12.0. The number of aliphatic hydroxyl groups is 1. The number of allylic oxidation sites excluding steroid dienone is 2. The Bertz CT molecular complexity index is 2330. The summed E-state index contributed by atoms with van der Waals surface area (Å²) in [7, 11) is 0. The van der Waals surface area contributed by atoms with Crippen molar-refractivity contribution in [2.24, 2.45) is 16.3 Å². The van der Waals surface area contributed by atoms with Crippen LogP contribution in [-0.2, 0) is 49.7 Å². The van der Waals surface area contributed by atoms with E-state index in [0.717, 1.165) is 5.56 Å². The third-order valence-corrected chi connectivity index (χ3v) is 13.9. The summed E-state index contributed by atoms with van der Waals surface area (Å²) in [5.41, 5.74) is -4.28. The van der Waals surface area contributed by atoms with Gasteiger partial charge in [-0.2, -0.15) is 0 Å². The van der Waals surface area contributed by atoms with E-state index in [4.69, 9.17) is 4.74 Å². The van der Waals surface area contributed by atoms with Crippen molar-refractivity contribution in [2.75, 3.05) is 39.3 Å². The molecule has 6 saturated heterocycles. The van der Waals surface area contributed by atoms with Gasteiger partial charge in [0.25, 0.3) is 11.8 Å². The van der Waals surface area contributed by atoms with Gasteiger partial charge < -0.3 is 56.2 Å². The van der Waals surface area contributed by atoms with Gasteiger partial charge in [-0.15, -0.1) is 0 Å². The van der Waals surface area contributed by atoms with Crippen LogP contribution in [-0.4, -0.2) is 164 Å². The first-order valence-corrected chi connectivity index (χ1v) is 22.5. The number of ketones is 1. The Morgan fingerprint density at radius 3 is 2.27 bits per heavy atom. The standard InChI is InChI=1S/C45H57N9O12/c1-24(2)13-26(33-31(55)17-42(3,4)18-32(33)56)47-19-28-34(57)50-43(38(62)49-28)15-29-35(58)51-44(39(63)52(29)22-43)16-30-36(59)54(12-8-11-46-41(65)66-20-25-9-6-5-7-10-25)45(40(64)53(30)23-44)14-27(37(60)61)48-21-45/h5-7,9-10,24,27-30,48,55H,8,11-23H2,1-4H3,(H,46,65)(H,49,62)(H,50,57)(H,51,58)(H,60,61)/t27-,28-,29?,30-,43-,44-,45-/m0/s1. The summed E-state index contributed by atoms with van der Waals surface area (Å²) in [6.07, 6.45) is -0.500. The molecule has 0 radical (unpaired) electrons. The minimum Gasteiger partial charge on any atom is -0.511 e. The second kappa shape index (κ2) is 17.1. The van der Waals surface area contributed by atoms with E-state index in [2.05, 4.69) is 31.6 Å². The van der Waals surface area contributed by atoms with Crippen LogP contribution in [0.4, 0.5) is 4.79 Å². The first kappa shape index (κ1) is 46.2. The fraction of sp³-hybridized carbons (Fsp3) is 0.600. The Labute approximate surface area is 380 Å². The van der Waals surface area contributed by atoms with Crippen molar-refractivity contribution in [1.82, 2.24) is 41.3 Å². The van der Waals surface area contributed by atoms with Gasteiger partial charge in [-0.1, -0.05) is 58.0 Å². The molecule has 21 heteroatoms. The molecule has 6 heterocycles. The number of hydrogen-bond donors (Lipinski definition) is 7. The molecule has 7 aliphatic rings. The number of hydrogen-bond acceptors (Lipinski definition) is 13. The van der Waals surface area contributed by atoms with E-state index in [-0.39, 0.29) is 101 Å². The van der Waals surface area contributed by atoms with Gasteiger partial charge in [-0.05, 0) is 29.7 Å². The van der Waals surface area contributed by atoms with Crippen LogP contribution in [0.25, 0.3) is 0 Å². The van der Waals surface area contributed by atoms with Crippen molar-refractivity contribution in [2.45, 2.75) is 120 Å². The van der Waals surface area contributed by atoms with Gasteiger partial charge in [0.05, 0.1) is 25.2 Å². The highest BCUT2D eigenvalue weighted by atomic mass is 16.5. The molecular formula is C45H57N9O12. The summed E-state index contributed by atoms with van der Waals surface area (Å²) < 4.78 is 5.27. The second-order valence-corrected chi connectivity index (χ2v) is 20.0. The predicted molar refractivity (Wildman–Crippen MR) is 231 cm³/mol. The van der Waals surface area contributed by atoms with E-state index in [0.29, 0.717) is 12.1 Å². The summed E-state index contributed by atoms with van der Waals surface area (Å²) in [6, 6.07) is 4.36. The molecule has 8 rings (SSSR count). The van der Waals surface area contributed by atoms with Gasteiger partial charge in [0.2, 0.25) is 23.6 Å². The number of fused-ring (bicyclic) bond motifs is 2. The van der Waals surface area contributed by atoms with Crippen molar-refractivity contribution in [3.05, 3.63) is 47.2 Å². The molecule has 0 aromatic heterocycles. The number of carbonyl (C=O) groups excluding carboxylic acids is 8. The minimum atomic E-state index is -1.78. The smallest absolute Gasteiger partial charge is 0.407 e. The quantitative estimate of drug-likeness (QED) is 0.102. The number of carboxylic acid groups (broad SMARTS) is 1. The van der Waals surface area contributed by atoms with E-state index < -0.39 is 100 Å². The highest BCUT2D eigenvalue weighted by Crippen LogP contribution is 2.44. The van der Waals surface area contributed by atoms with Crippen LogP contribution in [0.15, 0.2) is 46.7 Å². The third kappa shape index (κ3) is 8.25. The lowest BCUT2D eigenvalue weighted by Crippen LogP contribution is -2.72. The number of nitrogens with one attached hydrogen (secondary N) is 5. The molecule has 21 nitrogen and oxygen atoms in total.